The Morgan fingerprint density at radius 1 is 1.00 bits per heavy atom. The van der Waals surface area contributed by atoms with Crippen LogP contribution in [0.25, 0.3) is 16.8 Å². The van der Waals surface area contributed by atoms with Gasteiger partial charge in [0.05, 0.1) is 18.0 Å². The van der Waals surface area contributed by atoms with Gasteiger partial charge in [-0.15, -0.1) is 0 Å². The van der Waals surface area contributed by atoms with Crippen molar-refractivity contribution in [3.63, 3.8) is 0 Å². The molecule has 0 bridgehead atoms. The lowest BCUT2D eigenvalue weighted by atomic mass is 10.0. The van der Waals surface area contributed by atoms with E-state index in [2.05, 4.69) is 37.1 Å². The van der Waals surface area contributed by atoms with Crippen molar-refractivity contribution in [3.05, 3.63) is 78.8 Å². The Labute approximate surface area is 168 Å². The van der Waals surface area contributed by atoms with Gasteiger partial charge in [0.1, 0.15) is 0 Å². The summed E-state index contributed by atoms with van der Waals surface area (Å²) in [6.45, 7) is 2.21. The molecule has 0 aliphatic carbocycles. The van der Waals surface area contributed by atoms with Gasteiger partial charge in [-0.2, -0.15) is 5.10 Å². The van der Waals surface area contributed by atoms with Crippen LogP contribution in [0.15, 0.2) is 67.5 Å². The predicted molar refractivity (Wildman–Crippen MR) is 109 cm³/mol. The average Bonchev–Trinajstić information content (AvgIpc) is 3.32. The Bertz CT molecular complexity index is 1100. The minimum Gasteiger partial charge on any atom is -0.391 e. The molecule has 2 atom stereocenters. The third-order valence-corrected chi connectivity index (χ3v) is 5.47. The van der Waals surface area contributed by atoms with E-state index in [1.54, 1.807) is 18.6 Å². The monoisotopic (exact) mass is 386 g/mol. The van der Waals surface area contributed by atoms with Crippen LogP contribution in [0.3, 0.4) is 0 Å². The lowest BCUT2D eigenvalue weighted by Crippen LogP contribution is -2.21. The minimum absolute atomic E-state index is 0.165. The minimum atomic E-state index is -0.358. The van der Waals surface area contributed by atoms with Gasteiger partial charge in [0.15, 0.2) is 5.65 Å². The van der Waals surface area contributed by atoms with Gasteiger partial charge in [-0.1, -0.05) is 30.3 Å². The fourth-order valence-electron chi connectivity index (χ4n) is 4.05. The molecule has 0 saturated carbocycles. The van der Waals surface area contributed by atoms with E-state index in [4.69, 9.17) is 0 Å². The van der Waals surface area contributed by atoms with Crippen LogP contribution in [0.2, 0.25) is 0 Å². The van der Waals surface area contributed by atoms with Gasteiger partial charge < -0.3 is 5.11 Å². The maximum atomic E-state index is 10.5. The number of nitrogens with zero attached hydrogens (tertiary/aromatic N) is 6. The number of fused-ring (bicyclic) bond motifs is 1. The second-order valence-corrected chi connectivity index (χ2v) is 7.58. The first-order valence-electron chi connectivity index (χ1n) is 9.79. The molecule has 1 saturated heterocycles. The smallest absolute Gasteiger partial charge is 0.162 e. The van der Waals surface area contributed by atoms with Crippen molar-refractivity contribution in [1.29, 1.82) is 0 Å². The van der Waals surface area contributed by atoms with Crippen LogP contribution >= 0.6 is 0 Å². The predicted octanol–water partition coefficient (Wildman–Crippen LogP) is 2.22. The van der Waals surface area contributed by atoms with Crippen molar-refractivity contribution >= 4 is 5.65 Å². The molecular formula is C22H22N6O. The molecule has 1 aliphatic heterocycles. The summed E-state index contributed by atoms with van der Waals surface area (Å²) in [5.74, 6) is 0.165. The maximum absolute atomic E-state index is 10.5. The number of hydrogen-bond donors (Lipinski definition) is 1. The van der Waals surface area contributed by atoms with Gasteiger partial charge in [0, 0.05) is 67.7 Å². The molecule has 4 heterocycles. The van der Waals surface area contributed by atoms with E-state index in [0.717, 1.165) is 47.5 Å². The standard InChI is InChI=1S/C22H22N6O/c29-21-15-27(14-18(21)8-19-10-23-6-7-24-19)12-16-9-25-22-20(11-26-28(22)13-16)17-4-2-1-3-5-17/h1-7,9-11,13,18,21,29H,8,12,14-15H2/t18-,21-/m1/s1. The van der Waals surface area contributed by atoms with Crippen molar-refractivity contribution in [2.75, 3.05) is 13.1 Å². The van der Waals surface area contributed by atoms with Crippen LogP contribution in [-0.2, 0) is 13.0 Å². The first kappa shape index (κ1) is 17.9. The lowest BCUT2D eigenvalue weighted by molar-refractivity contribution is 0.140. The fraction of sp³-hybridized carbons (Fsp3) is 0.273. The fourth-order valence-corrected chi connectivity index (χ4v) is 4.05. The Morgan fingerprint density at radius 2 is 1.90 bits per heavy atom. The third-order valence-electron chi connectivity index (χ3n) is 5.47. The van der Waals surface area contributed by atoms with Gasteiger partial charge in [-0.05, 0) is 12.0 Å². The highest BCUT2D eigenvalue weighted by molar-refractivity contribution is 5.76. The second kappa shape index (κ2) is 7.69. The van der Waals surface area contributed by atoms with Crippen LogP contribution in [0.1, 0.15) is 11.3 Å². The molecule has 5 rings (SSSR count). The molecule has 4 aromatic rings. The topological polar surface area (TPSA) is 79.4 Å². The Balaban J connectivity index is 1.30. The van der Waals surface area contributed by atoms with Gasteiger partial charge in [-0.3, -0.25) is 14.9 Å². The molecule has 0 amide bonds. The molecular weight excluding hydrogens is 364 g/mol. The number of benzene rings is 1. The molecule has 0 radical (unpaired) electrons. The van der Waals surface area contributed by atoms with E-state index in [0.29, 0.717) is 6.54 Å². The van der Waals surface area contributed by atoms with Crippen molar-refractivity contribution in [3.8, 4) is 11.1 Å². The van der Waals surface area contributed by atoms with Crippen molar-refractivity contribution in [2.45, 2.75) is 19.1 Å². The zero-order chi connectivity index (χ0) is 19.6. The molecule has 7 nitrogen and oxygen atoms in total. The molecule has 29 heavy (non-hydrogen) atoms. The summed E-state index contributed by atoms with van der Waals surface area (Å²) in [6, 6.07) is 10.2. The number of β-amino-alcohol motifs (C(OH)–C–C–N with tert-alkyl or cyclic N) is 1. The van der Waals surface area contributed by atoms with Crippen LogP contribution in [-0.4, -0.2) is 53.8 Å². The number of aliphatic hydroxyl groups is 1. The Morgan fingerprint density at radius 3 is 2.72 bits per heavy atom. The first-order chi connectivity index (χ1) is 14.3. The van der Waals surface area contributed by atoms with E-state index in [-0.39, 0.29) is 12.0 Å². The SMILES string of the molecule is O[C@@H]1CN(Cc2cnc3c(-c4ccccc4)cnn3c2)C[C@H]1Cc1cnccn1. The molecule has 1 aromatic carbocycles. The molecule has 7 heteroatoms. The van der Waals surface area contributed by atoms with E-state index in [1.165, 1.54) is 0 Å². The maximum Gasteiger partial charge on any atom is 0.162 e. The van der Waals surface area contributed by atoms with Crippen LogP contribution in [0.4, 0.5) is 0 Å². The molecule has 1 fully saturated rings. The summed E-state index contributed by atoms with van der Waals surface area (Å²) in [6.07, 6.45) is 11.3. The summed E-state index contributed by atoms with van der Waals surface area (Å²) in [4.78, 5) is 15.4. The highest BCUT2D eigenvalue weighted by Gasteiger charge is 2.31. The Hall–Kier alpha value is -3.16. The summed E-state index contributed by atoms with van der Waals surface area (Å²) >= 11 is 0. The van der Waals surface area contributed by atoms with Gasteiger partial charge in [0.25, 0.3) is 0 Å². The molecule has 3 aromatic heterocycles. The summed E-state index contributed by atoms with van der Waals surface area (Å²) in [7, 11) is 0. The van der Waals surface area contributed by atoms with Crippen LogP contribution < -0.4 is 0 Å². The number of aliphatic hydroxyl groups excluding tert-OH is 1. The zero-order valence-electron chi connectivity index (χ0n) is 16.0. The lowest BCUT2D eigenvalue weighted by Gasteiger charge is -2.15. The number of hydrogen-bond acceptors (Lipinski definition) is 6. The van der Waals surface area contributed by atoms with Gasteiger partial charge in [-0.25, -0.2) is 9.50 Å². The van der Waals surface area contributed by atoms with E-state index < -0.39 is 0 Å². The van der Waals surface area contributed by atoms with Crippen LogP contribution in [0, 0.1) is 5.92 Å². The highest BCUT2D eigenvalue weighted by Crippen LogP contribution is 2.25. The highest BCUT2D eigenvalue weighted by atomic mass is 16.3. The molecule has 1 aliphatic rings. The summed E-state index contributed by atoms with van der Waals surface area (Å²) in [5, 5.41) is 15.0. The normalized spacial score (nSPS) is 19.8. The molecule has 146 valence electrons. The Kier molecular flexibility index (Phi) is 4.75. The van der Waals surface area contributed by atoms with Crippen molar-refractivity contribution in [1.82, 2.24) is 29.5 Å². The summed E-state index contributed by atoms with van der Waals surface area (Å²) < 4.78 is 1.83. The second-order valence-electron chi connectivity index (χ2n) is 7.58. The molecule has 0 unspecified atom stereocenters. The van der Waals surface area contributed by atoms with E-state index >= 15 is 0 Å². The molecule has 0 spiro atoms. The van der Waals surface area contributed by atoms with Crippen molar-refractivity contribution < 1.29 is 5.11 Å². The quantitative estimate of drug-likeness (QED) is 0.567. The largest absolute Gasteiger partial charge is 0.391 e. The third kappa shape index (κ3) is 3.74. The molecule has 1 N–H and O–H groups in total. The van der Waals surface area contributed by atoms with Gasteiger partial charge >= 0.3 is 0 Å². The van der Waals surface area contributed by atoms with E-state index in [1.807, 2.05) is 41.3 Å². The average molecular weight is 386 g/mol. The number of rotatable bonds is 5. The van der Waals surface area contributed by atoms with Crippen molar-refractivity contribution in [2.24, 2.45) is 5.92 Å². The summed E-state index contributed by atoms with van der Waals surface area (Å²) in [5.41, 5.74) is 4.98. The first-order valence-corrected chi connectivity index (χ1v) is 9.79. The van der Waals surface area contributed by atoms with E-state index in [9.17, 15) is 5.11 Å². The zero-order valence-corrected chi connectivity index (χ0v) is 16.0. The van der Waals surface area contributed by atoms with Gasteiger partial charge in [0.2, 0.25) is 0 Å². The number of likely N-dealkylation sites (tertiary alicyclic amines) is 1. The van der Waals surface area contributed by atoms with Crippen LogP contribution in [0.5, 0.6) is 0 Å². The number of aromatic nitrogens is 5.